The molecule has 142 valence electrons. The van der Waals surface area contributed by atoms with E-state index in [4.69, 9.17) is 0 Å². The zero-order chi connectivity index (χ0) is 19.8. The molecular weight excluding hydrogens is 364 g/mol. The van der Waals surface area contributed by atoms with Gasteiger partial charge < -0.3 is 4.90 Å². The number of fused-ring (bicyclic) bond motifs is 2. The SMILES string of the molecule is O=C(CCn1[nH]c(=O)c2ccccc2c1=O)N1CCc2ccc([N+](=O)[O-])cc21. The average Bonchev–Trinajstić information content (AvgIpc) is 3.12. The Morgan fingerprint density at radius 3 is 2.64 bits per heavy atom. The van der Waals surface area contributed by atoms with E-state index in [0.29, 0.717) is 29.4 Å². The smallest absolute Gasteiger partial charge is 0.273 e. The van der Waals surface area contributed by atoms with Gasteiger partial charge in [0.25, 0.3) is 16.8 Å². The predicted octanol–water partition coefficient (Wildman–Crippen LogP) is 1.58. The number of benzene rings is 2. The number of hydrogen-bond donors (Lipinski definition) is 1. The second-order valence-electron chi connectivity index (χ2n) is 6.56. The normalized spacial score (nSPS) is 12.9. The van der Waals surface area contributed by atoms with Gasteiger partial charge in [0, 0.05) is 25.1 Å². The Bertz CT molecular complexity index is 1230. The predicted molar refractivity (Wildman–Crippen MR) is 103 cm³/mol. The molecule has 0 atom stereocenters. The van der Waals surface area contributed by atoms with E-state index in [1.54, 1.807) is 30.3 Å². The monoisotopic (exact) mass is 380 g/mol. The molecule has 0 saturated carbocycles. The summed E-state index contributed by atoms with van der Waals surface area (Å²) < 4.78 is 1.13. The van der Waals surface area contributed by atoms with E-state index in [-0.39, 0.29) is 30.1 Å². The summed E-state index contributed by atoms with van der Waals surface area (Å²) in [6.07, 6.45) is 0.599. The third-order valence-corrected chi connectivity index (χ3v) is 4.91. The highest BCUT2D eigenvalue weighted by Crippen LogP contribution is 2.32. The summed E-state index contributed by atoms with van der Waals surface area (Å²) in [6, 6.07) is 11.0. The highest BCUT2D eigenvalue weighted by atomic mass is 16.6. The van der Waals surface area contributed by atoms with Crippen molar-refractivity contribution in [3.8, 4) is 0 Å². The number of hydrogen-bond acceptors (Lipinski definition) is 5. The van der Waals surface area contributed by atoms with Gasteiger partial charge in [0.1, 0.15) is 0 Å². The van der Waals surface area contributed by atoms with Crippen LogP contribution >= 0.6 is 0 Å². The third kappa shape index (κ3) is 2.96. The fourth-order valence-corrected chi connectivity index (χ4v) is 3.49. The van der Waals surface area contributed by atoms with E-state index in [0.717, 1.165) is 10.2 Å². The number of nitrogens with one attached hydrogen (secondary N) is 1. The van der Waals surface area contributed by atoms with Crippen molar-refractivity contribution in [2.75, 3.05) is 11.4 Å². The zero-order valence-corrected chi connectivity index (χ0v) is 14.8. The number of H-pyrrole nitrogens is 1. The fourth-order valence-electron chi connectivity index (χ4n) is 3.49. The number of amides is 1. The molecule has 1 N–H and O–H groups in total. The van der Waals surface area contributed by atoms with Crippen molar-refractivity contribution in [3.05, 3.63) is 78.8 Å². The first-order valence-corrected chi connectivity index (χ1v) is 8.75. The molecule has 0 spiro atoms. The van der Waals surface area contributed by atoms with Crippen molar-refractivity contribution < 1.29 is 9.72 Å². The van der Waals surface area contributed by atoms with Crippen LogP contribution in [0.2, 0.25) is 0 Å². The molecule has 9 heteroatoms. The molecule has 2 heterocycles. The van der Waals surface area contributed by atoms with Crippen LogP contribution in [0.1, 0.15) is 12.0 Å². The van der Waals surface area contributed by atoms with E-state index in [9.17, 15) is 24.5 Å². The van der Waals surface area contributed by atoms with Crippen molar-refractivity contribution in [1.82, 2.24) is 9.78 Å². The van der Waals surface area contributed by atoms with Crippen LogP contribution in [0.25, 0.3) is 10.8 Å². The van der Waals surface area contributed by atoms with E-state index < -0.39 is 10.5 Å². The van der Waals surface area contributed by atoms with Crippen LogP contribution in [0.4, 0.5) is 11.4 Å². The molecule has 4 rings (SSSR count). The Labute approximate surface area is 158 Å². The maximum absolute atomic E-state index is 12.7. The topological polar surface area (TPSA) is 118 Å². The molecule has 1 aliphatic rings. The minimum atomic E-state index is -0.499. The summed E-state index contributed by atoms with van der Waals surface area (Å²) in [7, 11) is 0. The van der Waals surface area contributed by atoms with Gasteiger partial charge in [0.2, 0.25) is 5.91 Å². The van der Waals surface area contributed by atoms with Crippen LogP contribution in [0.3, 0.4) is 0 Å². The maximum atomic E-state index is 12.7. The van der Waals surface area contributed by atoms with Crippen molar-refractivity contribution in [1.29, 1.82) is 0 Å². The second-order valence-corrected chi connectivity index (χ2v) is 6.56. The molecule has 1 amide bonds. The molecule has 0 unspecified atom stereocenters. The number of nitro groups is 1. The fraction of sp³-hybridized carbons (Fsp3) is 0.211. The summed E-state index contributed by atoms with van der Waals surface area (Å²) in [5, 5.41) is 14.1. The Morgan fingerprint density at radius 1 is 1.14 bits per heavy atom. The van der Waals surface area contributed by atoms with E-state index in [1.165, 1.54) is 17.0 Å². The van der Waals surface area contributed by atoms with Gasteiger partial charge >= 0.3 is 0 Å². The number of carbonyl (C=O) groups excluding carboxylic acids is 1. The number of carbonyl (C=O) groups is 1. The number of aromatic amines is 1. The second kappa shape index (κ2) is 6.76. The lowest BCUT2D eigenvalue weighted by molar-refractivity contribution is -0.384. The van der Waals surface area contributed by atoms with Crippen LogP contribution in [0.5, 0.6) is 0 Å². The first-order valence-electron chi connectivity index (χ1n) is 8.75. The third-order valence-electron chi connectivity index (χ3n) is 4.91. The average molecular weight is 380 g/mol. The number of aromatic nitrogens is 2. The molecule has 1 aromatic heterocycles. The summed E-state index contributed by atoms with van der Waals surface area (Å²) >= 11 is 0. The van der Waals surface area contributed by atoms with Gasteiger partial charge in [-0.05, 0) is 24.1 Å². The van der Waals surface area contributed by atoms with Crippen molar-refractivity contribution in [2.24, 2.45) is 0 Å². The standard InChI is InChI=1S/C19H16N4O5/c24-17(21-9-7-12-5-6-13(23(27)28)11-16(12)21)8-10-22-19(26)15-4-2-1-3-14(15)18(25)20-22/h1-6,11H,7-10H2,(H,20,25). The molecule has 0 aliphatic carbocycles. The van der Waals surface area contributed by atoms with Crippen LogP contribution in [0.15, 0.2) is 52.1 Å². The van der Waals surface area contributed by atoms with Crippen LogP contribution < -0.4 is 16.0 Å². The summed E-state index contributed by atoms with van der Waals surface area (Å²) in [4.78, 5) is 49.3. The van der Waals surface area contributed by atoms with E-state index in [2.05, 4.69) is 5.10 Å². The Hall–Kier alpha value is -3.75. The number of non-ortho nitro benzene ring substituents is 1. The van der Waals surface area contributed by atoms with Crippen LogP contribution in [-0.2, 0) is 17.8 Å². The number of anilines is 1. The van der Waals surface area contributed by atoms with Gasteiger partial charge in [-0.2, -0.15) is 0 Å². The number of aryl methyl sites for hydroxylation is 1. The number of nitrogens with zero attached hydrogens (tertiary/aromatic N) is 3. The molecule has 1 aliphatic heterocycles. The Kier molecular flexibility index (Phi) is 4.26. The lowest BCUT2D eigenvalue weighted by atomic mass is 10.1. The minimum Gasteiger partial charge on any atom is -0.312 e. The molecule has 2 aromatic carbocycles. The van der Waals surface area contributed by atoms with Gasteiger partial charge in [0.05, 0.1) is 27.9 Å². The van der Waals surface area contributed by atoms with E-state index in [1.807, 2.05) is 0 Å². The van der Waals surface area contributed by atoms with Crippen molar-refractivity contribution in [2.45, 2.75) is 19.4 Å². The highest BCUT2D eigenvalue weighted by molar-refractivity contribution is 5.95. The molecule has 3 aromatic rings. The molecule has 0 saturated heterocycles. The zero-order valence-electron chi connectivity index (χ0n) is 14.8. The quantitative estimate of drug-likeness (QED) is 0.544. The molecule has 0 fully saturated rings. The van der Waals surface area contributed by atoms with Gasteiger partial charge in [0.15, 0.2) is 0 Å². The molecular formula is C19H16N4O5. The lowest BCUT2D eigenvalue weighted by Crippen LogP contribution is -2.34. The van der Waals surface area contributed by atoms with Gasteiger partial charge in [-0.25, -0.2) is 4.68 Å². The van der Waals surface area contributed by atoms with Crippen molar-refractivity contribution >= 4 is 28.1 Å². The van der Waals surface area contributed by atoms with E-state index >= 15 is 0 Å². The summed E-state index contributed by atoms with van der Waals surface area (Å²) in [5.41, 5.74) is 0.549. The van der Waals surface area contributed by atoms with Crippen LogP contribution in [-0.4, -0.2) is 27.2 Å². The Morgan fingerprint density at radius 2 is 1.89 bits per heavy atom. The largest absolute Gasteiger partial charge is 0.312 e. The lowest BCUT2D eigenvalue weighted by Gasteiger charge is -2.17. The summed E-state index contributed by atoms with van der Waals surface area (Å²) in [5.74, 6) is -0.264. The van der Waals surface area contributed by atoms with Gasteiger partial charge in [-0.15, -0.1) is 0 Å². The first kappa shape index (κ1) is 17.7. The van der Waals surface area contributed by atoms with Crippen LogP contribution in [0, 0.1) is 10.1 Å². The molecule has 0 radical (unpaired) electrons. The van der Waals surface area contributed by atoms with Crippen molar-refractivity contribution in [3.63, 3.8) is 0 Å². The Balaban J connectivity index is 1.57. The summed E-state index contributed by atoms with van der Waals surface area (Å²) in [6.45, 7) is 0.441. The maximum Gasteiger partial charge on any atom is 0.273 e. The number of rotatable bonds is 4. The highest BCUT2D eigenvalue weighted by Gasteiger charge is 2.26. The minimum absolute atomic E-state index is 0.0124. The number of nitro benzene ring substituents is 1. The molecule has 28 heavy (non-hydrogen) atoms. The first-order chi connectivity index (χ1) is 13.5. The van der Waals surface area contributed by atoms with Gasteiger partial charge in [-0.3, -0.25) is 29.6 Å². The van der Waals surface area contributed by atoms with Gasteiger partial charge in [-0.1, -0.05) is 18.2 Å². The molecule has 9 nitrogen and oxygen atoms in total. The molecule has 0 bridgehead atoms.